The fraction of sp³-hybridized carbons (Fsp3) is 0.316. The molecule has 0 aliphatic carbocycles. The Labute approximate surface area is 159 Å². The molecule has 1 amide bonds. The molecular formula is C19H24N2O5S. The van der Waals surface area contributed by atoms with Gasteiger partial charge in [0, 0.05) is 13.0 Å². The Hall–Kier alpha value is -2.58. The van der Waals surface area contributed by atoms with E-state index in [0.29, 0.717) is 23.6 Å². The number of hydrogen-bond donors (Lipinski definition) is 2. The maximum Gasteiger partial charge on any atom is 0.241 e. The predicted molar refractivity (Wildman–Crippen MR) is 104 cm³/mol. The molecule has 2 rings (SSSR count). The summed E-state index contributed by atoms with van der Waals surface area (Å²) in [7, 11) is -0.784. The smallest absolute Gasteiger partial charge is 0.241 e. The quantitative estimate of drug-likeness (QED) is 0.720. The van der Waals surface area contributed by atoms with Gasteiger partial charge < -0.3 is 14.8 Å². The first-order valence-corrected chi connectivity index (χ1v) is 9.91. The minimum atomic E-state index is -3.81. The number of carbonyl (C=O) groups is 1. The van der Waals surface area contributed by atoms with Gasteiger partial charge in [-0.25, -0.2) is 13.1 Å². The van der Waals surface area contributed by atoms with Gasteiger partial charge in [-0.3, -0.25) is 4.79 Å². The summed E-state index contributed by atoms with van der Waals surface area (Å²) in [6.45, 7) is 3.24. The minimum Gasteiger partial charge on any atom is -0.497 e. The van der Waals surface area contributed by atoms with Gasteiger partial charge in [0.15, 0.2) is 0 Å². The molecule has 146 valence electrons. The minimum absolute atomic E-state index is 0.0408. The Morgan fingerprint density at radius 1 is 1.07 bits per heavy atom. The van der Waals surface area contributed by atoms with Gasteiger partial charge in [0.05, 0.1) is 24.8 Å². The highest BCUT2D eigenvalue weighted by atomic mass is 32.2. The van der Waals surface area contributed by atoms with E-state index in [-0.39, 0.29) is 10.8 Å². The van der Waals surface area contributed by atoms with Crippen molar-refractivity contribution in [3.05, 3.63) is 48.0 Å². The predicted octanol–water partition coefficient (Wildman–Crippen LogP) is 3.09. The molecule has 0 aromatic heterocycles. The van der Waals surface area contributed by atoms with E-state index >= 15 is 0 Å². The van der Waals surface area contributed by atoms with E-state index in [9.17, 15) is 13.2 Å². The van der Waals surface area contributed by atoms with Crippen LogP contribution in [0.3, 0.4) is 0 Å². The first-order valence-electron chi connectivity index (χ1n) is 8.42. The lowest BCUT2D eigenvalue weighted by atomic mass is 10.1. The van der Waals surface area contributed by atoms with E-state index in [1.807, 2.05) is 19.1 Å². The van der Waals surface area contributed by atoms with Gasteiger partial charge in [-0.15, -0.1) is 0 Å². The Morgan fingerprint density at radius 3 is 2.26 bits per heavy atom. The fourth-order valence-electron chi connectivity index (χ4n) is 2.62. The summed E-state index contributed by atoms with van der Waals surface area (Å²) in [4.78, 5) is 11.4. The molecule has 2 aromatic rings. The van der Waals surface area contributed by atoms with Crippen LogP contribution in [0.4, 0.5) is 5.69 Å². The molecule has 0 bridgehead atoms. The van der Waals surface area contributed by atoms with E-state index in [1.54, 1.807) is 19.2 Å². The van der Waals surface area contributed by atoms with Crippen molar-refractivity contribution in [1.29, 1.82) is 0 Å². The maximum absolute atomic E-state index is 12.8. The number of rotatable bonds is 8. The maximum atomic E-state index is 12.8. The summed E-state index contributed by atoms with van der Waals surface area (Å²) in [5, 5.41) is 2.58. The molecule has 2 aromatic carbocycles. The molecule has 0 radical (unpaired) electrons. The number of hydrogen-bond acceptors (Lipinski definition) is 5. The average Bonchev–Trinajstić information content (AvgIpc) is 2.65. The number of anilines is 1. The van der Waals surface area contributed by atoms with Crippen LogP contribution in [0, 0.1) is 0 Å². The summed E-state index contributed by atoms with van der Waals surface area (Å²) in [5.74, 6) is 0.762. The molecule has 2 N–H and O–H groups in total. The average molecular weight is 392 g/mol. The normalized spacial score (nSPS) is 12.3. The Bertz CT molecular complexity index is 895. The molecule has 27 heavy (non-hydrogen) atoms. The summed E-state index contributed by atoms with van der Waals surface area (Å²) in [6, 6.07) is 11.2. The van der Waals surface area contributed by atoms with Gasteiger partial charge in [-0.1, -0.05) is 19.1 Å². The second-order valence-electron chi connectivity index (χ2n) is 5.90. The number of benzene rings is 2. The molecule has 0 saturated carbocycles. The molecule has 0 spiro atoms. The molecule has 0 fully saturated rings. The Kier molecular flexibility index (Phi) is 6.81. The van der Waals surface area contributed by atoms with Gasteiger partial charge in [0.2, 0.25) is 15.9 Å². The lowest BCUT2D eigenvalue weighted by molar-refractivity contribution is -0.114. The van der Waals surface area contributed by atoms with E-state index < -0.39 is 16.1 Å². The molecule has 1 atom stereocenters. The van der Waals surface area contributed by atoms with Crippen LogP contribution in [-0.2, 0) is 14.8 Å². The highest BCUT2D eigenvalue weighted by molar-refractivity contribution is 7.89. The molecule has 7 nitrogen and oxygen atoms in total. The van der Waals surface area contributed by atoms with Crippen LogP contribution in [0.25, 0.3) is 0 Å². The van der Waals surface area contributed by atoms with Crippen LogP contribution in [0.2, 0.25) is 0 Å². The number of methoxy groups -OCH3 is 2. The van der Waals surface area contributed by atoms with E-state index in [1.165, 1.54) is 32.2 Å². The van der Waals surface area contributed by atoms with Crippen molar-refractivity contribution in [2.24, 2.45) is 0 Å². The third-order valence-corrected chi connectivity index (χ3v) is 5.49. The first-order chi connectivity index (χ1) is 12.8. The Morgan fingerprint density at radius 2 is 1.74 bits per heavy atom. The van der Waals surface area contributed by atoms with Crippen molar-refractivity contribution in [2.45, 2.75) is 31.2 Å². The summed E-state index contributed by atoms with van der Waals surface area (Å²) >= 11 is 0. The third kappa shape index (κ3) is 5.21. The zero-order chi connectivity index (χ0) is 20.0. The second kappa shape index (κ2) is 8.88. The van der Waals surface area contributed by atoms with Gasteiger partial charge in [0.1, 0.15) is 11.5 Å². The van der Waals surface area contributed by atoms with Gasteiger partial charge in [-0.05, 0) is 42.3 Å². The number of ether oxygens (including phenoxy) is 2. The molecule has 0 aliphatic rings. The standard InChI is InChI=1S/C19H24N2O5S/c1-5-17(14-6-8-15(25-3)9-7-14)21-27(23,24)16-10-11-19(26-4)18(12-16)20-13(2)22/h6-12,17,21H,5H2,1-4H3,(H,20,22)/t17-/m0/s1. The zero-order valence-electron chi connectivity index (χ0n) is 15.8. The van der Waals surface area contributed by atoms with E-state index in [2.05, 4.69) is 10.0 Å². The molecule has 8 heteroatoms. The highest BCUT2D eigenvalue weighted by Crippen LogP contribution is 2.29. The Balaban J connectivity index is 2.31. The van der Waals surface area contributed by atoms with Crippen LogP contribution < -0.4 is 19.5 Å². The fourth-order valence-corrected chi connectivity index (χ4v) is 3.95. The van der Waals surface area contributed by atoms with Crippen molar-refractivity contribution in [3.8, 4) is 11.5 Å². The van der Waals surface area contributed by atoms with Crippen LogP contribution in [0.1, 0.15) is 31.9 Å². The molecule has 0 saturated heterocycles. The number of amides is 1. The largest absolute Gasteiger partial charge is 0.497 e. The molecule has 0 aliphatic heterocycles. The van der Waals surface area contributed by atoms with Gasteiger partial charge >= 0.3 is 0 Å². The van der Waals surface area contributed by atoms with E-state index in [0.717, 1.165) is 5.56 Å². The van der Waals surface area contributed by atoms with Crippen molar-refractivity contribution < 1.29 is 22.7 Å². The van der Waals surface area contributed by atoms with Crippen LogP contribution in [-0.4, -0.2) is 28.5 Å². The van der Waals surface area contributed by atoms with Crippen molar-refractivity contribution in [2.75, 3.05) is 19.5 Å². The monoisotopic (exact) mass is 392 g/mol. The topological polar surface area (TPSA) is 93.7 Å². The number of sulfonamides is 1. The number of nitrogens with one attached hydrogen (secondary N) is 2. The summed E-state index contributed by atoms with van der Waals surface area (Å²) in [5.41, 5.74) is 1.13. The summed E-state index contributed by atoms with van der Waals surface area (Å²) in [6.07, 6.45) is 0.570. The zero-order valence-corrected chi connectivity index (χ0v) is 16.6. The lowest BCUT2D eigenvalue weighted by Crippen LogP contribution is -2.28. The highest BCUT2D eigenvalue weighted by Gasteiger charge is 2.22. The first kappa shape index (κ1) is 20.7. The molecule has 0 unspecified atom stereocenters. The van der Waals surface area contributed by atoms with Crippen LogP contribution in [0.5, 0.6) is 11.5 Å². The van der Waals surface area contributed by atoms with Crippen molar-refractivity contribution in [3.63, 3.8) is 0 Å². The number of carbonyl (C=O) groups excluding carboxylic acids is 1. The lowest BCUT2D eigenvalue weighted by Gasteiger charge is -2.19. The van der Waals surface area contributed by atoms with Gasteiger partial charge in [0.25, 0.3) is 0 Å². The van der Waals surface area contributed by atoms with Crippen LogP contribution >= 0.6 is 0 Å². The second-order valence-corrected chi connectivity index (χ2v) is 7.61. The van der Waals surface area contributed by atoms with Crippen molar-refractivity contribution in [1.82, 2.24) is 4.72 Å². The molecular weight excluding hydrogens is 368 g/mol. The van der Waals surface area contributed by atoms with E-state index in [4.69, 9.17) is 9.47 Å². The van der Waals surface area contributed by atoms with Crippen LogP contribution in [0.15, 0.2) is 47.4 Å². The van der Waals surface area contributed by atoms with Crippen molar-refractivity contribution >= 4 is 21.6 Å². The summed E-state index contributed by atoms with van der Waals surface area (Å²) < 4.78 is 38.7. The van der Waals surface area contributed by atoms with Gasteiger partial charge in [-0.2, -0.15) is 0 Å². The molecule has 0 heterocycles. The SMILES string of the molecule is CC[C@H](NS(=O)(=O)c1ccc(OC)c(NC(C)=O)c1)c1ccc(OC)cc1. The third-order valence-electron chi connectivity index (χ3n) is 4.02.